The average molecular weight is 1040 g/mol. The molecule has 0 radical (unpaired) electrons. The molecule has 0 atom stereocenters. The van der Waals surface area contributed by atoms with Crippen molar-refractivity contribution < 1.29 is 37.5 Å². The SMILES string of the molecule is Cc1ccc(NC(=O)OCc2cccc(COC(=O)Nc3ccc(C)cc3)c2N2C(=O)c3oc4c(I)cc5c(c4c4c6c(cc(I)c4oc3C2=O)CCCC6)CCCC5)cc1. The number of carbonyl (C=O) groups excluding carboxylic acids is 4. The Kier molecular flexibility index (Phi) is 11.5. The monoisotopic (exact) mass is 1040 g/mol. The lowest BCUT2D eigenvalue weighted by atomic mass is 9.84. The molecule has 5 aromatic carbocycles. The van der Waals surface area contributed by atoms with Gasteiger partial charge in [0.15, 0.2) is 0 Å². The molecule has 3 aliphatic rings. The van der Waals surface area contributed by atoms with Crippen molar-refractivity contribution in [2.45, 2.75) is 78.4 Å². The van der Waals surface area contributed by atoms with Crippen LogP contribution in [0.15, 0.2) is 87.7 Å². The first-order valence-electron chi connectivity index (χ1n) is 20.3. The molecule has 4 amide bonds. The molecule has 9 rings (SSSR count). The van der Waals surface area contributed by atoms with Gasteiger partial charge in [-0.05, 0) is 169 Å². The zero-order valence-electron chi connectivity index (χ0n) is 33.5. The van der Waals surface area contributed by atoms with Crippen molar-refractivity contribution in [2.24, 2.45) is 0 Å². The minimum atomic E-state index is -0.766. The second-order valence-electron chi connectivity index (χ2n) is 15.7. The molecule has 2 N–H and O–H groups in total. The number of hydrogen-bond acceptors (Lipinski definition) is 8. The van der Waals surface area contributed by atoms with Crippen LogP contribution in [0.1, 0.15) is 91.3 Å². The first-order valence-corrected chi connectivity index (χ1v) is 22.5. The Hall–Kier alpha value is -5.42. The molecule has 13 heteroatoms. The summed E-state index contributed by atoms with van der Waals surface area (Å²) in [6.45, 7) is 3.22. The van der Waals surface area contributed by atoms with Gasteiger partial charge < -0.3 is 18.3 Å². The summed E-state index contributed by atoms with van der Waals surface area (Å²) < 4.78 is 26.5. The highest BCUT2D eigenvalue weighted by molar-refractivity contribution is 14.1. The predicted molar refractivity (Wildman–Crippen MR) is 250 cm³/mol. The van der Waals surface area contributed by atoms with Crippen LogP contribution in [-0.2, 0) is 48.4 Å². The van der Waals surface area contributed by atoms with Gasteiger partial charge in [-0.15, -0.1) is 0 Å². The number of hydrogen-bond donors (Lipinski definition) is 2. The molecule has 0 fully saturated rings. The van der Waals surface area contributed by atoms with Crippen molar-refractivity contribution in [3.05, 3.63) is 142 Å². The maximum absolute atomic E-state index is 15.0. The Labute approximate surface area is 379 Å². The summed E-state index contributed by atoms with van der Waals surface area (Å²) in [7, 11) is 0. The topological polar surface area (TPSA) is 140 Å². The maximum Gasteiger partial charge on any atom is 0.411 e. The summed E-state index contributed by atoms with van der Waals surface area (Å²) in [6, 6.07) is 23.8. The van der Waals surface area contributed by atoms with Gasteiger partial charge in [-0.3, -0.25) is 20.2 Å². The van der Waals surface area contributed by atoms with Gasteiger partial charge in [0.2, 0.25) is 11.5 Å². The molecule has 2 aliphatic carbocycles. The van der Waals surface area contributed by atoms with Crippen molar-refractivity contribution in [3.8, 4) is 0 Å². The zero-order valence-corrected chi connectivity index (χ0v) is 37.9. The molecule has 0 unspecified atom stereocenters. The van der Waals surface area contributed by atoms with E-state index in [1.165, 1.54) is 22.3 Å². The molecule has 0 saturated heterocycles. The Morgan fingerprint density at radius 3 is 1.46 bits per heavy atom. The van der Waals surface area contributed by atoms with E-state index in [2.05, 4.69) is 67.9 Å². The number of para-hydroxylation sites is 1. The van der Waals surface area contributed by atoms with Crippen LogP contribution in [-0.4, -0.2) is 24.0 Å². The van der Waals surface area contributed by atoms with E-state index in [-0.39, 0.29) is 30.4 Å². The standard InChI is InChI=1S/C48H41I2N3O8/c1-26-14-18-32(19-15-26)51-47(56)58-24-30-10-7-11-31(25-59-48(57)52-33-20-16-27(2)17-21-33)40(30)53-45(54)43-44(46(53)55)61-42-37(50)23-29-9-4-6-13-35(29)39(42)38-34-12-5-3-8-28(34)22-36(49)41(38)60-43/h7,10-11,14-23H,3-6,8-9,12-13,24-25H2,1-2H3,(H,51,56)(H,52,57). The molecular weight excluding hydrogens is 1000 g/mol. The molecule has 6 aromatic rings. The van der Waals surface area contributed by atoms with Gasteiger partial charge in [-0.2, -0.15) is 0 Å². The molecule has 2 heterocycles. The molecule has 1 aliphatic heterocycles. The summed E-state index contributed by atoms with van der Waals surface area (Å²) >= 11 is 4.56. The molecular formula is C48H41I2N3O8. The summed E-state index contributed by atoms with van der Waals surface area (Å²) in [5, 5.41) is 7.30. The Morgan fingerprint density at radius 1 is 0.623 bits per heavy atom. The van der Waals surface area contributed by atoms with Crippen LogP contribution in [0.5, 0.6) is 0 Å². The van der Waals surface area contributed by atoms with Gasteiger partial charge in [0.1, 0.15) is 24.4 Å². The first kappa shape index (κ1) is 41.0. The van der Waals surface area contributed by atoms with E-state index in [9.17, 15) is 19.2 Å². The average Bonchev–Trinajstić information content (AvgIpc) is 3.46. The predicted octanol–water partition coefficient (Wildman–Crippen LogP) is 12.2. The number of benzene rings is 5. The highest BCUT2D eigenvalue weighted by Gasteiger charge is 2.44. The largest absolute Gasteiger partial charge is 0.446 e. The normalized spacial score (nSPS) is 14.3. The summed E-state index contributed by atoms with van der Waals surface area (Å²) in [5.74, 6) is -2.04. The number of nitrogens with zero attached hydrogens (tertiary/aromatic N) is 1. The van der Waals surface area contributed by atoms with E-state index in [0.29, 0.717) is 33.7 Å². The molecule has 0 spiro atoms. The highest BCUT2D eigenvalue weighted by Crippen LogP contribution is 2.44. The van der Waals surface area contributed by atoms with E-state index >= 15 is 0 Å². The number of aryl methyl sites for hydroxylation is 6. The summed E-state index contributed by atoms with van der Waals surface area (Å²) in [4.78, 5) is 57.1. The van der Waals surface area contributed by atoms with Crippen molar-refractivity contribution in [1.29, 1.82) is 0 Å². The number of anilines is 3. The number of amides is 4. The third-order valence-electron chi connectivity index (χ3n) is 11.5. The number of fused-ring (bicyclic) bond motifs is 8. The Bertz CT molecular complexity index is 2660. The van der Waals surface area contributed by atoms with Crippen LogP contribution in [0.25, 0.3) is 21.9 Å². The van der Waals surface area contributed by atoms with Gasteiger partial charge in [0.25, 0.3) is 0 Å². The van der Waals surface area contributed by atoms with Crippen LogP contribution in [0, 0.1) is 21.0 Å². The molecule has 310 valence electrons. The van der Waals surface area contributed by atoms with E-state index < -0.39 is 24.0 Å². The fourth-order valence-corrected chi connectivity index (χ4v) is 10.0. The van der Waals surface area contributed by atoms with E-state index in [1.807, 2.05) is 38.1 Å². The lowest BCUT2D eigenvalue weighted by Gasteiger charge is -2.23. The van der Waals surface area contributed by atoms with E-state index in [0.717, 1.165) is 85.3 Å². The maximum atomic E-state index is 15.0. The summed E-state index contributed by atoms with van der Waals surface area (Å²) in [6.07, 6.45) is 6.33. The number of rotatable bonds is 7. The van der Waals surface area contributed by atoms with Crippen molar-refractivity contribution in [3.63, 3.8) is 0 Å². The second kappa shape index (κ2) is 17.2. The van der Waals surface area contributed by atoms with E-state index in [1.54, 1.807) is 42.5 Å². The van der Waals surface area contributed by atoms with Gasteiger partial charge in [-0.25, -0.2) is 14.5 Å². The second-order valence-corrected chi connectivity index (χ2v) is 18.0. The Morgan fingerprint density at radius 2 is 1.03 bits per heavy atom. The highest BCUT2D eigenvalue weighted by atomic mass is 127. The molecule has 0 saturated carbocycles. The van der Waals surface area contributed by atoms with Gasteiger partial charge in [0, 0.05) is 33.3 Å². The number of carbonyl (C=O) groups is 4. The lowest BCUT2D eigenvalue weighted by Crippen LogP contribution is -2.32. The molecule has 61 heavy (non-hydrogen) atoms. The third-order valence-corrected chi connectivity index (χ3v) is 13.1. The van der Waals surface area contributed by atoms with Gasteiger partial charge >= 0.3 is 24.0 Å². The molecule has 1 aromatic heterocycles. The molecule has 11 nitrogen and oxygen atoms in total. The minimum Gasteiger partial charge on any atom is -0.446 e. The van der Waals surface area contributed by atoms with Crippen LogP contribution in [0.4, 0.5) is 26.7 Å². The lowest BCUT2D eigenvalue weighted by molar-refractivity contribution is 0.0909. The van der Waals surface area contributed by atoms with E-state index in [4.69, 9.17) is 18.3 Å². The number of ether oxygens (including phenoxy) is 2. The summed E-state index contributed by atoms with van der Waals surface area (Å²) in [5.41, 5.74) is 9.78. The number of halogens is 2. The van der Waals surface area contributed by atoms with Crippen LogP contribution < -0.4 is 15.5 Å². The fourth-order valence-electron chi connectivity index (χ4n) is 8.54. The van der Waals surface area contributed by atoms with Gasteiger partial charge in [0.05, 0.1) is 12.8 Å². The van der Waals surface area contributed by atoms with Crippen LogP contribution >= 0.6 is 45.2 Å². The third kappa shape index (κ3) is 8.09. The minimum absolute atomic E-state index is 0.0865. The fraction of sp³-hybridized carbons (Fsp3) is 0.250. The zero-order chi connectivity index (χ0) is 42.4. The number of nitrogens with one attached hydrogen (secondary N) is 2. The van der Waals surface area contributed by atoms with Crippen molar-refractivity contribution in [2.75, 3.05) is 15.5 Å². The smallest absolute Gasteiger partial charge is 0.411 e. The number of imide groups is 1. The molecule has 0 bridgehead atoms. The quantitative estimate of drug-likeness (QED) is 0.119. The van der Waals surface area contributed by atoms with Crippen LogP contribution in [0.3, 0.4) is 0 Å². The van der Waals surface area contributed by atoms with Gasteiger partial charge in [-0.1, -0.05) is 53.6 Å². The Balaban J connectivity index is 1.17. The van der Waals surface area contributed by atoms with Crippen molar-refractivity contribution in [1.82, 2.24) is 0 Å². The van der Waals surface area contributed by atoms with Crippen molar-refractivity contribution >= 4 is 108 Å². The first-order chi connectivity index (χ1) is 29.5. The van der Waals surface area contributed by atoms with Crippen LogP contribution in [0.2, 0.25) is 0 Å².